The largest absolute Gasteiger partial charge is 0.311 e. The van der Waals surface area contributed by atoms with E-state index in [1.807, 2.05) is 12.1 Å². The van der Waals surface area contributed by atoms with E-state index in [9.17, 15) is 0 Å². The summed E-state index contributed by atoms with van der Waals surface area (Å²) in [4.78, 5) is 4.65. The SMILES string of the molecule is Clc1ccc(-c2ccc(-c3ccc(N(c4ccc(-c5ccccc5)cc4)c4ccc(-c5ccccc5)cc4)cc3)cc2)cc1.c1ccc(-c2ccc(N(c3ccc(-c4ccccc4)cc3)c3ccc(-c4ccc(-c5ccc(C6c7ccccc7-c7cc(-c8ccccc8)ccc76)cc5)cc4)cc3)cc2)cc1.c1ccc(-c2ccc3c(c2)-c2ccccc2C3)cc1. The van der Waals surface area contributed by atoms with Gasteiger partial charge < -0.3 is 9.80 Å². The predicted octanol–water partition coefficient (Wildman–Crippen LogP) is 34.1. The summed E-state index contributed by atoms with van der Waals surface area (Å²) >= 11 is 6.08. The van der Waals surface area contributed by atoms with Crippen LogP contribution >= 0.6 is 11.6 Å². The smallest absolute Gasteiger partial charge is 0.0462 e. The van der Waals surface area contributed by atoms with E-state index < -0.39 is 0 Å². The molecule has 2 aliphatic carbocycles. The second-order valence-electron chi connectivity index (χ2n) is 32.0. The molecule has 592 valence electrons. The van der Waals surface area contributed by atoms with Gasteiger partial charge in [0.1, 0.15) is 0 Å². The first-order chi connectivity index (χ1) is 61.9. The monoisotopic (exact) mass is 1610 g/mol. The number of halogens is 1. The maximum absolute atomic E-state index is 6.08. The third kappa shape index (κ3) is 17.0. The zero-order valence-corrected chi connectivity index (χ0v) is 69.8. The molecule has 0 amide bonds. The summed E-state index contributed by atoms with van der Waals surface area (Å²) in [6, 6.07) is 183. The number of hydrogen-bond donors (Lipinski definition) is 0. The van der Waals surface area contributed by atoms with Gasteiger partial charge in [-0.1, -0.05) is 424 Å². The maximum Gasteiger partial charge on any atom is 0.0462 e. The van der Waals surface area contributed by atoms with Crippen LogP contribution < -0.4 is 9.80 Å². The van der Waals surface area contributed by atoms with E-state index in [0.717, 1.165) is 51.1 Å². The van der Waals surface area contributed by atoms with E-state index in [2.05, 4.69) is 507 Å². The first-order valence-corrected chi connectivity index (χ1v) is 43.3. The molecule has 2 nitrogen and oxygen atoms in total. The van der Waals surface area contributed by atoms with E-state index >= 15 is 0 Å². The van der Waals surface area contributed by atoms with Crippen LogP contribution in [0.1, 0.15) is 33.7 Å². The zero-order chi connectivity index (χ0) is 83.6. The van der Waals surface area contributed by atoms with Gasteiger partial charge in [-0.15, -0.1) is 0 Å². The van der Waals surface area contributed by atoms with Crippen LogP contribution in [0, 0.1) is 0 Å². The molecular formula is C122H87ClN2. The molecule has 3 heteroatoms. The highest BCUT2D eigenvalue weighted by Gasteiger charge is 2.30. The van der Waals surface area contributed by atoms with Gasteiger partial charge in [0.25, 0.3) is 0 Å². The molecule has 0 heterocycles. The molecular weight excluding hydrogens is 1530 g/mol. The molecule has 0 saturated heterocycles. The molecule has 2 aliphatic rings. The topological polar surface area (TPSA) is 6.48 Å². The summed E-state index contributed by atoms with van der Waals surface area (Å²) < 4.78 is 0. The van der Waals surface area contributed by atoms with Crippen molar-refractivity contribution >= 4 is 45.7 Å². The predicted molar refractivity (Wildman–Crippen MR) is 529 cm³/mol. The van der Waals surface area contributed by atoms with Gasteiger partial charge in [0.15, 0.2) is 0 Å². The van der Waals surface area contributed by atoms with Crippen molar-refractivity contribution in [2.45, 2.75) is 12.3 Å². The highest BCUT2D eigenvalue weighted by atomic mass is 35.5. The molecule has 1 atom stereocenters. The Hall–Kier alpha value is -15.7. The Morgan fingerprint density at radius 3 is 0.704 bits per heavy atom. The average molecular weight is 1620 g/mol. The van der Waals surface area contributed by atoms with E-state index in [0.29, 0.717) is 0 Å². The number of nitrogens with zero attached hydrogens (tertiary/aromatic N) is 2. The highest BCUT2D eigenvalue weighted by molar-refractivity contribution is 6.30. The van der Waals surface area contributed by atoms with Crippen LogP contribution in [0.2, 0.25) is 5.02 Å². The molecule has 1 unspecified atom stereocenters. The van der Waals surface area contributed by atoms with Crippen LogP contribution in [0.15, 0.2) is 510 Å². The van der Waals surface area contributed by atoms with Gasteiger partial charge in [0, 0.05) is 45.1 Å². The van der Waals surface area contributed by atoms with Gasteiger partial charge in [-0.05, 0) is 265 Å². The third-order valence-corrected chi connectivity index (χ3v) is 24.6. The number of hydrogen-bond acceptors (Lipinski definition) is 2. The second-order valence-corrected chi connectivity index (χ2v) is 32.4. The van der Waals surface area contributed by atoms with Crippen molar-refractivity contribution in [2.24, 2.45) is 0 Å². The first-order valence-electron chi connectivity index (χ1n) is 42.9. The lowest BCUT2D eigenvalue weighted by molar-refractivity contribution is 1.02. The van der Waals surface area contributed by atoms with Crippen molar-refractivity contribution in [1.82, 2.24) is 0 Å². The van der Waals surface area contributed by atoms with Gasteiger partial charge in [-0.2, -0.15) is 0 Å². The summed E-state index contributed by atoms with van der Waals surface area (Å²) in [7, 11) is 0. The van der Waals surface area contributed by atoms with Crippen molar-refractivity contribution in [3.63, 3.8) is 0 Å². The van der Waals surface area contributed by atoms with Gasteiger partial charge >= 0.3 is 0 Å². The van der Waals surface area contributed by atoms with Crippen molar-refractivity contribution in [2.75, 3.05) is 9.80 Å². The number of rotatable bonds is 17. The lowest BCUT2D eigenvalue weighted by Gasteiger charge is -2.26. The maximum atomic E-state index is 6.08. The van der Waals surface area contributed by atoms with Crippen molar-refractivity contribution in [3.8, 4) is 134 Å². The van der Waals surface area contributed by atoms with E-state index in [4.69, 9.17) is 11.6 Å². The van der Waals surface area contributed by atoms with Gasteiger partial charge in [0.2, 0.25) is 0 Å². The fraction of sp³-hybridized carbons (Fsp3) is 0.0164. The molecule has 0 saturated carbocycles. The Kier molecular flexibility index (Phi) is 22.4. The Bertz CT molecular complexity index is 6870. The van der Waals surface area contributed by atoms with E-state index in [1.54, 1.807) is 0 Å². The van der Waals surface area contributed by atoms with Gasteiger partial charge in [-0.25, -0.2) is 0 Å². The normalized spacial score (nSPS) is 11.9. The lowest BCUT2D eigenvalue weighted by Crippen LogP contribution is -2.09. The standard InChI is InChI=1S/C61H43N.C42H30ClN.C19H14/c1-4-12-43(13-5-1)49-28-35-54(36-29-49)62(55-37-30-50(31-38-55)44-14-6-2-7-15-44)56-39-32-51(33-40-56)47-22-20-46(21-23-47)48-24-26-52(27-25-48)61-58-19-11-10-18-57(58)60-42-53(34-41-59(60)61)45-16-8-3-9-17-45;43-39-23-15-35(16-24-39)33-11-13-34(14-12-33)38-21-29-42(30-22-38)44(40-25-17-36(18-26-40)31-7-3-1-4-8-31)41-27-19-37(20-28-41)32-9-5-2-6-10-32;1-2-6-14(7-3-1)15-10-11-17-12-16-8-4-5-9-18(16)19(17)13-15/h1-42,61H;1-30H;1-11,13H,12H2. The van der Waals surface area contributed by atoms with E-state index in [-0.39, 0.29) is 5.92 Å². The molecule has 0 aromatic heterocycles. The summed E-state index contributed by atoms with van der Waals surface area (Å²) in [5, 5.41) is 0.749. The number of anilines is 6. The van der Waals surface area contributed by atoms with Gasteiger partial charge in [-0.3, -0.25) is 0 Å². The fourth-order valence-corrected chi connectivity index (χ4v) is 17.9. The molecule has 0 radical (unpaired) electrons. The average Bonchev–Trinajstić information content (AvgIpc) is 1.59. The van der Waals surface area contributed by atoms with E-state index in [1.165, 1.54) is 156 Å². The molecule has 20 aromatic rings. The zero-order valence-electron chi connectivity index (χ0n) is 69.1. The second kappa shape index (κ2) is 35.9. The van der Waals surface area contributed by atoms with Crippen molar-refractivity contribution in [1.29, 1.82) is 0 Å². The third-order valence-electron chi connectivity index (χ3n) is 24.3. The minimum absolute atomic E-state index is 0.212. The van der Waals surface area contributed by atoms with Gasteiger partial charge in [0.05, 0.1) is 0 Å². The lowest BCUT2D eigenvalue weighted by atomic mass is 9.88. The van der Waals surface area contributed by atoms with Crippen LogP contribution in [-0.4, -0.2) is 0 Å². The van der Waals surface area contributed by atoms with Crippen LogP contribution in [-0.2, 0) is 6.42 Å². The molecule has 20 aromatic carbocycles. The molecule has 0 N–H and O–H groups in total. The Balaban J connectivity index is 0.000000135. The summed E-state index contributed by atoms with van der Waals surface area (Å²) in [5.74, 6) is 0.212. The minimum atomic E-state index is 0.212. The number of fused-ring (bicyclic) bond motifs is 6. The number of benzene rings is 20. The summed E-state index contributed by atoms with van der Waals surface area (Å²) in [5.41, 5.74) is 43.3. The van der Waals surface area contributed by atoms with Crippen LogP contribution in [0.3, 0.4) is 0 Å². The molecule has 0 fully saturated rings. The van der Waals surface area contributed by atoms with Crippen LogP contribution in [0.25, 0.3) is 134 Å². The fourth-order valence-electron chi connectivity index (χ4n) is 17.8. The minimum Gasteiger partial charge on any atom is -0.311 e. The highest BCUT2D eigenvalue weighted by Crippen LogP contribution is 2.50. The summed E-state index contributed by atoms with van der Waals surface area (Å²) in [6.07, 6.45) is 1.07. The quantitative estimate of drug-likeness (QED) is 0.0896. The molecule has 0 bridgehead atoms. The molecule has 22 rings (SSSR count). The molecule has 0 spiro atoms. The Morgan fingerprint density at radius 1 is 0.160 bits per heavy atom. The molecule has 125 heavy (non-hydrogen) atoms. The Labute approximate surface area is 738 Å². The molecule has 0 aliphatic heterocycles. The summed E-state index contributed by atoms with van der Waals surface area (Å²) in [6.45, 7) is 0. The van der Waals surface area contributed by atoms with Crippen LogP contribution in [0.4, 0.5) is 34.1 Å². The van der Waals surface area contributed by atoms with Crippen molar-refractivity contribution in [3.05, 3.63) is 542 Å². The van der Waals surface area contributed by atoms with Crippen molar-refractivity contribution < 1.29 is 0 Å². The van der Waals surface area contributed by atoms with Crippen LogP contribution in [0.5, 0.6) is 0 Å². The first kappa shape index (κ1) is 77.9. The Morgan fingerprint density at radius 2 is 0.376 bits per heavy atom.